The highest BCUT2D eigenvalue weighted by Crippen LogP contribution is 3.00. The van der Waals surface area contributed by atoms with Gasteiger partial charge in [-0.25, -0.2) is 0 Å². The number of hydrogen-bond donors (Lipinski definition) is 1. The molecule has 1 aliphatic heterocycles. The summed E-state index contributed by atoms with van der Waals surface area (Å²) in [5.41, 5.74) is 6.68. The number of rotatable bonds is 0. The Bertz CT molecular complexity index is 412. The van der Waals surface area contributed by atoms with Crippen molar-refractivity contribution in [3.8, 4) is 0 Å². The summed E-state index contributed by atoms with van der Waals surface area (Å²) in [6, 6.07) is 0. The van der Waals surface area contributed by atoms with Crippen LogP contribution in [0.3, 0.4) is 0 Å². The maximum Gasteiger partial charge on any atom is 0.187 e. The highest BCUT2D eigenvalue weighted by atomic mass is 79.9. The van der Waals surface area contributed by atoms with Crippen molar-refractivity contribution in [1.29, 1.82) is 0 Å². The SMILES string of the molecule is NC12C3[C@@H]4[C@H]1C1[C@@H]2[C@H]3C4(Br)C12OCCO2. The van der Waals surface area contributed by atoms with Crippen LogP contribution in [-0.4, -0.2) is 28.9 Å². The first-order valence-corrected chi connectivity index (χ1v) is 6.74. The summed E-state index contributed by atoms with van der Waals surface area (Å²) in [5.74, 6) is 4.08. The number of alkyl halides is 1. The monoisotopic (exact) mass is 269 g/mol. The zero-order chi connectivity index (χ0) is 9.79. The third-order valence-electron chi connectivity index (χ3n) is 6.71. The van der Waals surface area contributed by atoms with E-state index in [0.717, 1.165) is 31.0 Å². The fraction of sp³-hybridized carbons (Fsp3) is 1.00. The Morgan fingerprint density at radius 3 is 2.00 bits per heavy atom. The first-order valence-electron chi connectivity index (χ1n) is 5.95. The maximum absolute atomic E-state index is 6.46. The highest BCUT2D eigenvalue weighted by molar-refractivity contribution is 9.10. The molecular formula is C11H12BrNO2. The van der Waals surface area contributed by atoms with Crippen LogP contribution in [0.5, 0.6) is 0 Å². The molecule has 0 aromatic heterocycles. The van der Waals surface area contributed by atoms with Crippen molar-refractivity contribution < 1.29 is 9.47 Å². The molecule has 6 aliphatic carbocycles. The van der Waals surface area contributed by atoms with Crippen molar-refractivity contribution >= 4 is 15.9 Å². The van der Waals surface area contributed by atoms with E-state index in [2.05, 4.69) is 15.9 Å². The molecule has 0 radical (unpaired) electrons. The molecule has 0 aromatic carbocycles. The van der Waals surface area contributed by atoms with Crippen LogP contribution in [0.1, 0.15) is 0 Å². The molecule has 7 fully saturated rings. The van der Waals surface area contributed by atoms with E-state index in [-0.39, 0.29) is 15.7 Å². The molecular weight excluding hydrogens is 258 g/mol. The predicted octanol–water partition coefficient (Wildman–Crippen LogP) is 0.326. The lowest BCUT2D eigenvalue weighted by Gasteiger charge is -2.90. The lowest BCUT2D eigenvalue weighted by Crippen LogP contribution is -2.99. The molecule has 4 unspecified atom stereocenters. The summed E-state index contributed by atoms with van der Waals surface area (Å²) in [6.07, 6.45) is 0. The normalized spacial score (nSPS) is 82.0. The van der Waals surface area contributed by atoms with E-state index < -0.39 is 0 Å². The Morgan fingerprint density at radius 1 is 0.933 bits per heavy atom. The topological polar surface area (TPSA) is 44.5 Å². The Hall–Kier alpha value is 0.360. The van der Waals surface area contributed by atoms with E-state index in [1.807, 2.05) is 0 Å². The summed E-state index contributed by atoms with van der Waals surface area (Å²) >= 11 is 3.99. The molecule has 3 nitrogen and oxygen atoms in total. The Labute approximate surface area is 95.8 Å². The minimum atomic E-state index is -0.270. The van der Waals surface area contributed by atoms with Crippen molar-refractivity contribution in [2.45, 2.75) is 15.7 Å². The lowest BCUT2D eigenvalue weighted by molar-refractivity contribution is -0.381. The van der Waals surface area contributed by atoms with Gasteiger partial charge in [0.05, 0.1) is 17.5 Å². The summed E-state index contributed by atoms with van der Waals surface area (Å²) in [5, 5.41) is 0. The van der Waals surface area contributed by atoms with Gasteiger partial charge in [0.25, 0.3) is 0 Å². The van der Waals surface area contributed by atoms with Crippen LogP contribution in [0.25, 0.3) is 0 Å². The van der Waals surface area contributed by atoms with Crippen LogP contribution in [0, 0.1) is 35.5 Å². The molecule has 15 heavy (non-hydrogen) atoms. The number of nitrogens with two attached hydrogens (primary N) is 1. The molecule has 1 heterocycles. The van der Waals surface area contributed by atoms with Crippen LogP contribution < -0.4 is 5.73 Å². The largest absolute Gasteiger partial charge is 0.346 e. The molecule has 0 amide bonds. The second-order valence-corrected chi connectivity index (χ2v) is 7.60. The predicted molar refractivity (Wildman–Crippen MR) is 54.2 cm³/mol. The van der Waals surface area contributed by atoms with E-state index in [9.17, 15) is 0 Å². The average Bonchev–Trinajstić information content (AvgIpc) is 2.78. The third kappa shape index (κ3) is 0.357. The van der Waals surface area contributed by atoms with Gasteiger partial charge in [0.2, 0.25) is 0 Å². The van der Waals surface area contributed by atoms with Gasteiger partial charge in [0, 0.05) is 11.5 Å². The first-order chi connectivity index (χ1) is 7.19. The number of ether oxygens (including phenoxy) is 2. The molecule has 1 spiro atoms. The van der Waals surface area contributed by atoms with Gasteiger partial charge >= 0.3 is 0 Å². The van der Waals surface area contributed by atoms with Gasteiger partial charge in [-0.05, 0) is 29.6 Å². The molecule has 7 aliphatic rings. The van der Waals surface area contributed by atoms with Gasteiger partial charge in [-0.2, -0.15) is 0 Å². The molecule has 1 saturated heterocycles. The Balaban J connectivity index is 1.65. The van der Waals surface area contributed by atoms with E-state index in [1.54, 1.807) is 0 Å². The molecule has 2 N–H and O–H groups in total. The van der Waals surface area contributed by atoms with Crippen molar-refractivity contribution in [3.05, 3.63) is 0 Å². The summed E-state index contributed by atoms with van der Waals surface area (Å²) in [4.78, 5) is 0. The second-order valence-electron chi connectivity index (χ2n) is 6.29. The molecule has 4 heteroatoms. The van der Waals surface area contributed by atoms with E-state index >= 15 is 0 Å². The minimum absolute atomic E-state index is 0.155. The van der Waals surface area contributed by atoms with Crippen LogP contribution >= 0.6 is 15.9 Å². The van der Waals surface area contributed by atoms with Crippen molar-refractivity contribution in [2.75, 3.05) is 13.2 Å². The quantitative estimate of drug-likeness (QED) is 0.645. The van der Waals surface area contributed by atoms with Crippen LogP contribution in [-0.2, 0) is 9.47 Å². The average molecular weight is 270 g/mol. The zero-order valence-corrected chi connectivity index (χ0v) is 9.74. The van der Waals surface area contributed by atoms with E-state index in [0.29, 0.717) is 17.8 Å². The number of hydrogen-bond acceptors (Lipinski definition) is 3. The van der Waals surface area contributed by atoms with Gasteiger partial charge in [0.1, 0.15) is 0 Å². The zero-order valence-electron chi connectivity index (χ0n) is 8.15. The van der Waals surface area contributed by atoms with Crippen molar-refractivity contribution in [3.63, 3.8) is 0 Å². The fourth-order valence-corrected chi connectivity index (χ4v) is 8.33. The molecule has 8 atom stereocenters. The fourth-order valence-electron chi connectivity index (χ4n) is 6.70. The smallest absolute Gasteiger partial charge is 0.187 e. The summed E-state index contributed by atoms with van der Waals surface area (Å²) < 4.78 is 12.2. The molecule has 7 rings (SSSR count). The minimum Gasteiger partial charge on any atom is -0.346 e. The summed E-state index contributed by atoms with van der Waals surface area (Å²) in [7, 11) is 0. The number of halogens is 1. The van der Waals surface area contributed by atoms with Crippen LogP contribution in [0.2, 0.25) is 0 Å². The van der Waals surface area contributed by atoms with Crippen molar-refractivity contribution in [1.82, 2.24) is 0 Å². The molecule has 80 valence electrons. The highest BCUT2D eigenvalue weighted by Gasteiger charge is 3.08. The lowest BCUT2D eigenvalue weighted by atomic mass is 9.16. The van der Waals surface area contributed by atoms with Gasteiger partial charge in [0.15, 0.2) is 5.79 Å². The maximum atomic E-state index is 6.46. The Kier molecular flexibility index (Phi) is 0.802. The molecule has 6 saturated carbocycles. The van der Waals surface area contributed by atoms with E-state index in [1.165, 1.54) is 0 Å². The third-order valence-corrected chi connectivity index (χ3v) is 8.32. The summed E-state index contributed by atoms with van der Waals surface area (Å²) in [6.45, 7) is 1.54. The first kappa shape index (κ1) is 7.64. The van der Waals surface area contributed by atoms with E-state index in [4.69, 9.17) is 15.2 Å². The second kappa shape index (κ2) is 1.57. The van der Waals surface area contributed by atoms with Gasteiger partial charge in [-0.1, -0.05) is 15.9 Å². The van der Waals surface area contributed by atoms with Crippen LogP contribution in [0.4, 0.5) is 0 Å². The molecule has 2 bridgehead atoms. The van der Waals surface area contributed by atoms with Gasteiger partial charge in [-0.3, -0.25) is 0 Å². The standard InChI is InChI=1S/C11H12BrNO2/c12-10-6-3-7(10)5-8(4(6)9(3,5)13)11(10)14-1-2-15-11/h3-8H,1-2,13H2/t3?,4-,5-,6-,7+,8?,9?,10?/m0/s1. The Morgan fingerprint density at radius 2 is 1.47 bits per heavy atom. The van der Waals surface area contributed by atoms with Crippen LogP contribution in [0.15, 0.2) is 0 Å². The van der Waals surface area contributed by atoms with Gasteiger partial charge in [-0.15, -0.1) is 0 Å². The van der Waals surface area contributed by atoms with Crippen molar-refractivity contribution in [2.24, 2.45) is 41.2 Å². The molecule has 0 aromatic rings. The van der Waals surface area contributed by atoms with Gasteiger partial charge < -0.3 is 15.2 Å².